The fourth-order valence-electron chi connectivity index (χ4n) is 2.91. The average Bonchev–Trinajstić information content (AvgIpc) is 3.10. The molecule has 0 spiro atoms. The fraction of sp³-hybridized carbons (Fsp3) is 0.500. The molecule has 2 aromatic rings. The van der Waals surface area contributed by atoms with Crippen LogP contribution < -0.4 is 0 Å². The molecule has 1 atom stereocenters. The molecule has 1 aromatic carbocycles. The molecule has 1 aromatic heterocycles. The maximum Gasteiger partial charge on any atom is 0.240 e. The molecule has 0 unspecified atom stereocenters. The van der Waals surface area contributed by atoms with Gasteiger partial charge in [0.15, 0.2) is 0 Å². The lowest BCUT2D eigenvalue weighted by Gasteiger charge is -2.22. The van der Waals surface area contributed by atoms with Gasteiger partial charge in [0.05, 0.1) is 6.04 Å². The van der Waals surface area contributed by atoms with E-state index in [9.17, 15) is 4.79 Å². The minimum Gasteiger partial charge on any atom is -0.341 e. The monoisotopic (exact) mass is 329 g/mol. The third-order valence-electron chi connectivity index (χ3n) is 4.32. The Kier molecular flexibility index (Phi) is 4.03. The van der Waals surface area contributed by atoms with Gasteiger partial charge in [0.2, 0.25) is 11.1 Å². The fourth-order valence-corrected chi connectivity index (χ4v) is 4.04. The quantitative estimate of drug-likeness (QED) is 0.789. The molecule has 2 heterocycles. The van der Waals surface area contributed by atoms with Gasteiger partial charge in [0.25, 0.3) is 0 Å². The molecule has 120 valence electrons. The van der Waals surface area contributed by atoms with Crippen LogP contribution >= 0.6 is 11.8 Å². The second-order valence-corrected chi connectivity index (χ2v) is 7.15. The minimum absolute atomic E-state index is 0.170. The molecule has 6 nitrogen and oxygen atoms in total. The number of carbonyl (C=O) groups is 1. The maximum atomic E-state index is 13.0. The summed E-state index contributed by atoms with van der Waals surface area (Å²) < 4.78 is 1.87. The molecule has 0 bridgehead atoms. The number of thioether (sulfide) groups is 1. The first-order chi connectivity index (χ1) is 11.3. The molecule has 0 radical (unpaired) electrons. The van der Waals surface area contributed by atoms with Gasteiger partial charge in [-0.2, -0.15) is 0 Å². The highest BCUT2D eigenvalue weighted by Crippen LogP contribution is 2.41. The van der Waals surface area contributed by atoms with Crippen LogP contribution in [0.25, 0.3) is 0 Å². The van der Waals surface area contributed by atoms with Crippen molar-refractivity contribution in [3.63, 3.8) is 0 Å². The number of carbonyl (C=O) groups excluding carboxylic acids is 1. The number of hydrogen-bond acceptors (Lipinski definition) is 5. The molecule has 1 amide bonds. The van der Waals surface area contributed by atoms with Crippen LogP contribution in [-0.2, 0) is 4.79 Å². The first-order valence-electron chi connectivity index (χ1n) is 8.11. The largest absolute Gasteiger partial charge is 0.341 e. The number of benzene rings is 1. The van der Waals surface area contributed by atoms with Crippen LogP contribution in [0.4, 0.5) is 0 Å². The Morgan fingerprint density at radius 2 is 1.91 bits per heavy atom. The van der Waals surface area contributed by atoms with E-state index in [4.69, 9.17) is 0 Å². The summed E-state index contributed by atoms with van der Waals surface area (Å²) in [5.41, 5.74) is 1.01. The van der Waals surface area contributed by atoms with Crippen molar-refractivity contribution in [3.05, 3.63) is 35.9 Å². The van der Waals surface area contributed by atoms with Crippen LogP contribution in [0.5, 0.6) is 0 Å². The van der Waals surface area contributed by atoms with Crippen molar-refractivity contribution in [1.29, 1.82) is 0 Å². The van der Waals surface area contributed by atoms with Crippen LogP contribution in [0.1, 0.15) is 42.5 Å². The highest BCUT2D eigenvalue weighted by Gasteiger charge is 2.33. The zero-order chi connectivity index (χ0) is 15.6. The number of likely N-dealkylation sites (tertiary alicyclic amines) is 1. The normalized spacial score (nSPS) is 19.0. The summed E-state index contributed by atoms with van der Waals surface area (Å²) in [6.07, 6.45) is 4.43. The maximum absolute atomic E-state index is 13.0. The van der Waals surface area contributed by atoms with Crippen LogP contribution in [0.2, 0.25) is 0 Å². The number of hydrogen-bond donors (Lipinski definition) is 0. The summed E-state index contributed by atoms with van der Waals surface area (Å²) in [6.45, 7) is 1.71. The number of aromatic nitrogens is 4. The van der Waals surface area contributed by atoms with Crippen molar-refractivity contribution in [2.75, 3.05) is 13.1 Å². The van der Waals surface area contributed by atoms with E-state index in [2.05, 4.69) is 15.5 Å². The van der Waals surface area contributed by atoms with Crippen LogP contribution in [-0.4, -0.2) is 44.1 Å². The van der Waals surface area contributed by atoms with Gasteiger partial charge in [-0.3, -0.25) is 4.79 Å². The van der Waals surface area contributed by atoms with Crippen molar-refractivity contribution >= 4 is 17.7 Å². The SMILES string of the molecule is O=C([C@H](Sc1nnnn1C1CC1)c1ccccc1)N1CCCC1. The average molecular weight is 329 g/mol. The molecule has 1 aliphatic heterocycles. The number of rotatable bonds is 5. The van der Waals surface area contributed by atoms with Gasteiger partial charge in [-0.15, -0.1) is 5.10 Å². The molecule has 0 N–H and O–H groups in total. The second kappa shape index (κ2) is 6.31. The Hall–Kier alpha value is -1.89. The Bertz CT molecular complexity index is 679. The van der Waals surface area contributed by atoms with Crippen LogP contribution in [0.3, 0.4) is 0 Å². The molecule has 1 saturated carbocycles. The lowest BCUT2D eigenvalue weighted by atomic mass is 10.1. The highest BCUT2D eigenvalue weighted by molar-refractivity contribution is 8.00. The molecule has 1 aliphatic carbocycles. The van der Waals surface area contributed by atoms with Gasteiger partial charge in [-0.1, -0.05) is 42.1 Å². The lowest BCUT2D eigenvalue weighted by Crippen LogP contribution is -2.31. The van der Waals surface area contributed by atoms with Crippen molar-refractivity contribution in [1.82, 2.24) is 25.1 Å². The van der Waals surface area contributed by atoms with E-state index in [-0.39, 0.29) is 11.2 Å². The lowest BCUT2D eigenvalue weighted by molar-refractivity contribution is -0.129. The van der Waals surface area contributed by atoms with Crippen molar-refractivity contribution in [2.24, 2.45) is 0 Å². The number of nitrogens with zero attached hydrogens (tertiary/aromatic N) is 5. The predicted octanol–water partition coefficient (Wildman–Crippen LogP) is 2.46. The zero-order valence-electron chi connectivity index (χ0n) is 12.8. The van der Waals surface area contributed by atoms with Gasteiger partial charge in [-0.25, -0.2) is 4.68 Å². The second-order valence-electron chi connectivity index (χ2n) is 6.08. The highest BCUT2D eigenvalue weighted by atomic mass is 32.2. The Balaban J connectivity index is 1.61. The molecule has 1 saturated heterocycles. The summed E-state index contributed by atoms with van der Waals surface area (Å²) in [5, 5.41) is 12.5. The minimum atomic E-state index is -0.280. The third kappa shape index (κ3) is 3.10. The van der Waals surface area contributed by atoms with Gasteiger partial charge >= 0.3 is 0 Å². The molecule has 2 fully saturated rings. The van der Waals surface area contributed by atoms with Gasteiger partial charge in [0.1, 0.15) is 5.25 Å². The first kappa shape index (κ1) is 14.7. The number of tetrazole rings is 1. The van der Waals surface area contributed by atoms with E-state index in [1.54, 1.807) is 0 Å². The molecule has 23 heavy (non-hydrogen) atoms. The molecule has 4 rings (SSSR count). The summed E-state index contributed by atoms with van der Waals surface area (Å²) in [7, 11) is 0. The van der Waals surface area contributed by atoms with E-state index < -0.39 is 0 Å². The smallest absolute Gasteiger partial charge is 0.240 e. The van der Waals surface area contributed by atoms with E-state index in [1.165, 1.54) is 11.8 Å². The van der Waals surface area contributed by atoms with Gasteiger partial charge in [-0.05, 0) is 41.7 Å². The molecule has 7 heteroatoms. The van der Waals surface area contributed by atoms with Crippen molar-refractivity contribution in [2.45, 2.75) is 42.1 Å². The first-order valence-corrected chi connectivity index (χ1v) is 8.99. The van der Waals surface area contributed by atoms with Gasteiger partial charge in [0, 0.05) is 13.1 Å². The summed E-state index contributed by atoms with van der Waals surface area (Å²) in [5.74, 6) is 0.170. The molecular formula is C16H19N5OS. The van der Waals surface area contributed by atoms with E-state index >= 15 is 0 Å². The van der Waals surface area contributed by atoms with Crippen LogP contribution in [0.15, 0.2) is 35.5 Å². The van der Waals surface area contributed by atoms with E-state index in [0.29, 0.717) is 6.04 Å². The van der Waals surface area contributed by atoms with E-state index in [0.717, 1.165) is 49.5 Å². The number of amides is 1. The third-order valence-corrected chi connectivity index (χ3v) is 5.51. The van der Waals surface area contributed by atoms with E-state index in [1.807, 2.05) is 39.9 Å². The van der Waals surface area contributed by atoms with Crippen molar-refractivity contribution in [3.8, 4) is 0 Å². The Morgan fingerprint density at radius 3 is 2.61 bits per heavy atom. The summed E-state index contributed by atoms with van der Waals surface area (Å²) in [6, 6.07) is 10.4. The predicted molar refractivity (Wildman–Crippen MR) is 86.9 cm³/mol. The standard InChI is InChI=1S/C16H19N5OS/c22-15(20-10-4-5-11-20)14(12-6-2-1-3-7-12)23-16-17-18-19-21(16)13-8-9-13/h1-3,6-7,13-14H,4-5,8-11H2/t14-/m1/s1. The van der Waals surface area contributed by atoms with Crippen LogP contribution in [0, 0.1) is 0 Å². The Morgan fingerprint density at radius 1 is 1.17 bits per heavy atom. The van der Waals surface area contributed by atoms with Gasteiger partial charge < -0.3 is 4.90 Å². The summed E-state index contributed by atoms with van der Waals surface area (Å²) >= 11 is 1.47. The summed E-state index contributed by atoms with van der Waals surface area (Å²) in [4.78, 5) is 15.0. The molecular weight excluding hydrogens is 310 g/mol. The topological polar surface area (TPSA) is 63.9 Å². The molecule has 2 aliphatic rings. The zero-order valence-corrected chi connectivity index (χ0v) is 13.7. The Labute approximate surface area is 139 Å². The van der Waals surface area contributed by atoms with Crippen molar-refractivity contribution < 1.29 is 4.79 Å².